The van der Waals surface area contributed by atoms with E-state index in [9.17, 15) is 22.4 Å². The first-order chi connectivity index (χ1) is 14.3. The molecule has 30 heavy (non-hydrogen) atoms. The second kappa shape index (κ2) is 8.89. The maximum absolute atomic E-state index is 14.1. The van der Waals surface area contributed by atoms with Crippen LogP contribution in [-0.2, 0) is 21.4 Å². The number of anilines is 1. The normalized spacial score (nSPS) is 11.4. The summed E-state index contributed by atoms with van der Waals surface area (Å²) < 4.78 is 46.1. The molecule has 0 atom stereocenters. The van der Waals surface area contributed by atoms with Crippen LogP contribution in [0.1, 0.15) is 16.1 Å². The molecule has 8 nitrogen and oxygen atoms in total. The van der Waals surface area contributed by atoms with Crippen molar-refractivity contribution >= 4 is 27.5 Å². The number of rotatable bonds is 8. The summed E-state index contributed by atoms with van der Waals surface area (Å²) in [6.07, 6.45) is 1.36. The van der Waals surface area contributed by atoms with E-state index in [1.54, 1.807) is 12.1 Å². The minimum absolute atomic E-state index is 0.259. The van der Waals surface area contributed by atoms with Gasteiger partial charge in [0.15, 0.2) is 0 Å². The second-order valence-corrected chi connectivity index (χ2v) is 8.18. The number of halogens is 1. The zero-order valence-corrected chi connectivity index (χ0v) is 16.4. The number of nitrogens with two attached hydrogens (primary N) is 1. The number of sulfonamides is 1. The molecule has 1 aromatic heterocycles. The molecule has 0 saturated carbocycles. The quantitative estimate of drug-likeness (QED) is 0.567. The van der Waals surface area contributed by atoms with Crippen molar-refractivity contribution in [3.05, 3.63) is 84.1 Å². The molecular formula is C20H18FN3O5S. The van der Waals surface area contributed by atoms with E-state index in [4.69, 9.17) is 10.2 Å². The largest absolute Gasteiger partial charge is 0.468 e. The summed E-state index contributed by atoms with van der Waals surface area (Å²) in [4.78, 5) is 23.1. The van der Waals surface area contributed by atoms with Gasteiger partial charge in [0, 0.05) is 11.3 Å². The number of benzene rings is 2. The van der Waals surface area contributed by atoms with Gasteiger partial charge in [-0.25, -0.2) is 12.8 Å². The summed E-state index contributed by atoms with van der Waals surface area (Å²) in [5.74, 6) is -1.92. The first-order valence-corrected chi connectivity index (χ1v) is 10.2. The average molecular weight is 431 g/mol. The Morgan fingerprint density at radius 1 is 1.03 bits per heavy atom. The molecular weight excluding hydrogens is 413 g/mol. The molecule has 0 unspecified atom stereocenters. The van der Waals surface area contributed by atoms with Crippen molar-refractivity contribution in [3.8, 4) is 0 Å². The molecule has 0 fully saturated rings. The van der Waals surface area contributed by atoms with E-state index in [0.717, 1.165) is 16.4 Å². The Kier molecular flexibility index (Phi) is 6.28. The topological polar surface area (TPSA) is 123 Å². The fourth-order valence-corrected chi connectivity index (χ4v) is 4.10. The van der Waals surface area contributed by atoms with Crippen molar-refractivity contribution in [2.45, 2.75) is 11.4 Å². The predicted octanol–water partition coefficient (Wildman–Crippen LogP) is 2.35. The molecule has 0 spiro atoms. The molecule has 0 bridgehead atoms. The molecule has 2 amide bonds. The number of nitrogens with zero attached hydrogens (tertiary/aromatic N) is 1. The average Bonchev–Trinajstić information content (AvgIpc) is 3.21. The van der Waals surface area contributed by atoms with Gasteiger partial charge in [0.25, 0.3) is 0 Å². The molecule has 0 saturated heterocycles. The van der Waals surface area contributed by atoms with E-state index in [1.807, 2.05) is 0 Å². The van der Waals surface area contributed by atoms with E-state index in [-0.39, 0.29) is 17.9 Å². The molecule has 0 aliphatic rings. The minimum Gasteiger partial charge on any atom is -0.468 e. The van der Waals surface area contributed by atoms with Gasteiger partial charge in [-0.15, -0.1) is 0 Å². The number of nitrogens with one attached hydrogen (secondary N) is 1. The predicted molar refractivity (Wildman–Crippen MR) is 106 cm³/mol. The van der Waals surface area contributed by atoms with Crippen LogP contribution in [0, 0.1) is 5.82 Å². The van der Waals surface area contributed by atoms with Crippen LogP contribution in [0.15, 0.2) is 76.2 Å². The van der Waals surface area contributed by atoms with Gasteiger partial charge in [0.1, 0.15) is 16.5 Å². The number of hydrogen-bond donors (Lipinski definition) is 2. The molecule has 10 heteroatoms. The molecule has 3 rings (SSSR count). The zero-order chi connectivity index (χ0) is 21.7. The molecule has 2 aromatic carbocycles. The first-order valence-electron chi connectivity index (χ1n) is 8.74. The van der Waals surface area contributed by atoms with Gasteiger partial charge in [-0.2, -0.15) is 4.31 Å². The zero-order valence-electron chi connectivity index (χ0n) is 15.6. The van der Waals surface area contributed by atoms with Crippen LogP contribution in [0.5, 0.6) is 0 Å². The van der Waals surface area contributed by atoms with Gasteiger partial charge in [-0.05, 0) is 48.5 Å². The third-order valence-electron chi connectivity index (χ3n) is 4.14. The Labute approximate surface area is 172 Å². The molecule has 0 aliphatic carbocycles. The molecule has 0 aliphatic heterocycles. The third kappa shape index (κ3) is 4.91. The highest BCUT2D eigenvalue weighted by atomic mass is 32.2. The summed E-state index contributed by atoms with van der Waals surface area (Å²) in [6.45, 7) is -0.855. The molecule has 3 N–H and O–H groups in total. The third-order valence-corrected chi connectivity index (χ3v) is 5.96. The van der Waals surface area contributed by atoms with Crippen LogP contribution in [0.3, 0.4) is 0 Å². The van der Waals surface area contributed by atoms with E-state index >= 15 is 0 Å². The van der Waals surface area contributed by atoms with Crippen molar-refractivity contribution in [1.82, 2.24) is 4.31 Å². The Hall–Kier alpha value is -3.50. The summed E-state index contributed by atoms with van der Waals surface area (Å²) >= 11 is 0. The fraction of sp³-hybridized carbons (Fsp3) is 0.100. The smallest absolute Gasteiger partial charge is 0.248 e. The number of carbonyl (C=O) groups excluding carboxylic acids is 2. The van der Waals surface area contributed by atoms with E-state index in [0.29, 0.717) is 5.69 Å². The fourth-order valence-electron chi connectivity index (χ4n) is 2.67. The van der Waals surface area contributed by atoms with Crippen molar-refractivity contribution in [2.75, 3.05) is 11.9 Å². The number of amides is 2. The van der Waals surface area contributed by atoms with Crippen LogP contribution >= 0.6 is 0 Å². The lowest BCUT2D eigenvalue weighted by atomic mass is 10.2. The number of carbonyl (C=O) groups is 2. The highest BCUT2D eigenvalue weighted by Gasteiger charge is 2.30. The minimum atomic E-state index is -4.34. The van der Waals surface area contributed by atoms with Gasteiger partial charge in [-0.1, -0.05) is 12.1 Å². The standard InChI is InChI=1S/C20H18FN3O5S/c21-17-5-1-2-6-18(17)30(27,28)24(12-16-4-3-11-29-16)13-19(25)23-15-9-7-14(8-10-15)20(22)26/h1-11H,12-13H2,(H2,22,26)(H,23,25). The summed E-state index contributed by atoms with van der Waals surface area (Å²) in [5, 5.41) is 2.53. The van der Waals surface area contributed by atoms with Crippen LogP contribution < -0.4 is 11.1 Å². The Morgan fingerprint density at radius 3 is 2.33 bits per heavy atom. The van der Waals surface area contributed by atoms with Gasteiger partial charge < -0.3 is 15.5 Å². The summed E-state index contributed by atoms with van der Waals surface area (Å²) in [7, 11) is -4.34. The Morgan fingerprint density at radius 2 is 1.73 bits per heavy atom. The molecule has 156 valence electrons. The van der Waals surface area contributed by atoms with E-state index < -0.39 is 39.1 Å². The summed E-state index contributed by atoms with van der Waals surface area (Å²) in [5.41, 5.74) is 5.77. The maximum Gasteiger partial charge on any atom is 0.248 e. The summed E-state index contributed by atoms with van der Waals surface area (Å²) in [6, 6.07) is 13.8. The van der Waals surface area contributed by atoms with Crippen molar-refractivity contribution in [1.29, 1.82) is 0 Å². The Bertz CT molecular complexity index is 1150. The lowest BCUT2D eigenvalue weighted by Crippen LogP contribution is -2.37. The van der Waals surface area contributed by atoms with Crippen molar-refractivity contribution < 1.29 is 26.8 Å². The van der Waals surface area contributed by atoms with E-state index in [1.165, 1.54) is 42.7 Å². The lowest BCUT2D eigenvalue weighted by molar-refractivity contribution is -0.116. The van der Waals surface area contributed by atoms with Crippen LogP contribution in [0.2, 0.25) is 0 Å². The number of primary amides is 1. The van der Waals surface area contributed by atoms with Gasteiger partial charge in [0.2, 0.25) is 21.8 Å². The molecule has 0 radical (unpaired) electrons. The van der Waals surface area contributed by atoms with Crippen molar-refractivity contribution in [3.63, 3.8) is 0 Å². The monoisotopic (exact) mass is 431 g/mol. The van der Waals surface area contributed by atoms with Crippen molar-refractivity contribution in [2.24, 2.45) is 5.73 Å². The number of furan rings is 1. The maximum atomic E-state index is 14.1. The SMILES string of the molecule is NC(=O)c1ccc(NC(=O)CN(Cc2ccco2)S(=O)(=O)c2ccccc2F)cc1. The molecule has 1 heterocycles. The van der Waals surface area contributed by atoms with Crippen LogP contribution in [-0.4, -0.2) is 31.1 Å². The van der Waals surface area contributed by atoms with Crippen LogP contribution in [0.25, 0.3) is 0 Å². The Balaban J connectivity index is 1.83. The molecule has 3 aromatic rings. The van der Waals surface area contributed by atoms with Gasteiger partial charge >= 0.3 is 0 Å². The highest BCUT2D eigenvalue weighted by molar-refractivity contribution is 7.89. The van der Waals surface area contributed by atoms with Crippen LogP contribution in [0.4, 0.5) is 10.1 Å². The van der Waals surface area contributed by atoms with E-state index in [2.05, 4.69) is 5.32 Å². The second-order valence-electron chi connectivity index (χ2n) is 6.27. The first kappa shape index (κ1) is 21.2. The van der Waals surface area contributed by atoms with Gasteiger partial charge in [0.05, 0.1) is 19.4 Å². The highest BCUT2D eigenvalue weighted by Crippen LogP contribution is 2.21. The van der Waals surface area contributed by atoms with Gasteiger partial charge in [-0.3, -0.25) is 9.59 Å². The number of hydrogen-bond acceptors (Lipinski definition) is 5. The lowest BCUT2D eigenvalue weighted by Gasteiger charge is -2.21.